The lowest BCUT2D eigenvalue weighted by Crippen LogP contribution is -2.48. The van der Waals surface area contributed by atoms with Crippen LogP contribution in [0.25, 0.3) is 0 Å². The van der Waals surface area contributed by atoms with Crippen LogP contribution in [0, 0.1) is 16.7 Å². The number of rotatable bonds is 1. The van der Waals surface area contributed by atoms with Crippen molar-refractivity contribution in [2.24, 2.45) is 5.92 Å². The van der Waals surface area contributed by atoms with Gasteiger partial charge in [0.1, 0.15) is 0 Å². The number of anilines is 1. The van der Waals surface area contributed by atoms with Crippen molar-refractivity contribution in [2.75, 3.05) is 18.4 Å². The second-order valence-corrected chi connectivity index (χ2v) is 7.49. The minimum absolute atomic E-state index is 0.122. The molecule has 1 aliphatic rings. The predicted molar refractivity (Wildman–Crippen MR) is 97.3 cm³/mol. The van der Waals surface area contributed by atoms with Crippen LogP contribution in [-0.2, 0) is 5.41 Å². The number of guanidine groups is 2. The van der Waals surface area contributed by atoms with Crippen molar-refractivity contribution in [1.29, 1.82) is 10.8 Å². The zero-order chi connectivity index (χ0) is 17.0. The van der Waals surface area contributed by atoms with E-state index in [4.69, 9.17) is 10.8 Å². The maximum Gasteiger partial charge on any atom is 0.199 e. The topological polar surface area (TPSA) is 75.0 Å². The molecule has 1 heterocycles. The molecule has 0 radical (unpaired) electrons. The molecular weight excluding hydrogens is 286 g/mol. The van der Waals surface area contributed by atoms with Gasteiger partial charge in [-0.2, -0.15) is 0 Å². The summed E-state index contributed by atoms with van der Waals surface area (Å²) in [6.07, 6.45) is 2.33. The van der Waals surface area contributed by atoms with E-state index in [1.807, 2.05) is 17.0 Å². The van der Waals surface area contributed by atoms with Crippen LogP contribution in [0.15, 0.2) is 24.3 Å². The van der Waals surface area contributed by atoms with E-state index < -0.39 is 0 Å². The van der Waals surface area contributed by atoms with Gasteiger partial charge in [0.15, 0.2) is 11.9 Å². The zero-order valence-electron chi connectivity index (χ0n) is 14.7. The Morgan fingerprint density at radius 2 is 1.83 bits per heavy atom. The molecule has 1 saturated heterocycles. The third kappa shape index (κ3) is 4.98. The summed E-state index contributed by atoms with van der Waals surface area (Å²) in [7, 11) is 0. The van der Waals surface area contributed by atoms with Gasteiger partial charge >= 0.3 is 0 Å². The lowest BCUT2D eigenvalue weighted by atomic mass is 9.87. The molecule has 1 aromatic rings. The van der Waals surface area contributed by atoms with Gasteiger partial charge in [-0.15, -0.1) is 0 Å². The molecule has 0 saturated carbocycles. The van der Waals surface area contributed by atoms with Gasteiger partial charge in [0.05, 0.1) is 0 Å². The first-order valence-electron chi connectivity index (χ1n) is 8.32. The maximum atomic E-state index is 8.12. The third-order valence-corrected chi connectivity index (χ3v) is 4.24. The van der Waals surface area contributed by atoms with Crippen molar-refractivity contribution in [1.82, 2.24) is 10.2 Å². The minimum atomic E-state index is 0.122. The molecule has 1 aliphatic heterocycles. The molecule has 1 unspecified atom stereocenters. The van der Waals surface area contributed by atoms with Crippen LogP contribution in [0.3, 0.4) is 0 Å². The van der Waals surface area contributed by atoms with Gasteiger partial charge in [0.2, 0.25) is 0 Å². The summed E-state index contributed by atoms with van der Waals surface area (Å²) in [4.78, 5) is 2.01. The van der Waals surface area contributed by atoms with Crippen LogP contribution in [0.1, 0.15) is 46.1 Å². The first-order chi connectivity index (χ1) is 10.8. The van der Waals surface area contributed by atoms with Crippen LogP contribution >= 0.6 is 0 Å². The smallest absolute Gasteiger partial charge is 0.199 e. The molecule has 0 aromatic heterocycles. The van der Waals surface area contributed by atoms with Crippen LogP contribution in [-0.4, -0.2) is 29.9 Å². The summed E-state index contributed by atoms with van der Waals surface area (Å²) in [5, 5.41) is 22.0. The SMILES string of the molecule is CC1CCCN(C(=N)NC(=N)Nc2ccc(C(C)(C)C)cc2)C1. The highest BCUT2D eigenvalue weighted by molar-refractivity contribution is 6.02. The average molecular weight is 315 g/mol. The summed E-state index contributed by atoms with van der Waals surface area (Å²) in [5.74, 6) is 1.05. The van der Waals surface area contributed by atoms with Crippen LogP contribution in [0.2, 0.25) is 0 Å². The molecule has 1 atom stereocenters. The monoisotopic (exact) mass is 315 g/mol. The fourth-order valence-electron chi connectivity index (χ4n) is 2.82. The van der Waals surface area contributed by atoms with E-state index in [1.165, 1.54) is 12.0 Å². The number of hydrogen-bond donors (Lipinski definition) is 4. The molecule has 0 spiro atoms. The summed E-state index contributed by atoms with van der Waals surface area (Å²) in [6, 6.07) is 8.10. The van der Waals surface area contributed by atoms with Crippen molar-refractivity contribution < 1.29 is 0 Å². The zero-order valence-corrected chi connectivity index (χ0v) is 14.7. The molecule has 1 aromatic carbocycles. The van der Waals surface area contributed by atoms with Crippen LogP contribution in [0.4, 0.5) is 5.69 Å². The summed E-state index contributed by atoms with van der Waals surface area (Å²) in [6.45, 7) is 10.5. The molecule has 5 heteroatoms. The van der Waals surface area contributed by atoms with E-state index in [0.29, 0.717) is 11.9 Å². The molecule has 4 N–H and O–H groups in total. The van der Waals surface area contributed by atoms with Gasteiger partial charge in [-0.1, -0.05) is 39.8 Å². The van der Waals surface area contributed by atoms with Crippen molar-refractivity contribution >= 4 is 17.6 Å². The molecule has 5 nitrogen and oxygen atoms in total. The lowest BCUT2D eigenvalue weighted by Gasteiger charge is -2.32. The van der Waals surface area contributed by atoms with Gasteiger partial charge < -0.3 is 10.2 Å². The normalized spacial score (nSPS) is 18.4. The van der Waals surface area contributed by atoms with Crippen LogP contribution < -0.4 is 10.6 Å². The quantitative estimate of drug-likeness (QED) is 0.472. The van der Waals surface area contributed by atoms with E-state index in [2.05, 4.69) is 50.5 Å². The Morgan fingerprint density at radius 3 is 2.39 bits per heavy atom. The minimum Gasteiger partial charge on any atom is -0.343 e. The largest absolute Gasteiger partial charge is 0.343 e. The van der Waals surface area contributed by atoms with Gasteiger partial charge in [-0.05, 0) is 41.9 Å². The highest BCUT2D eigenvalue weighted by Gasteiger charge is 2.19. The average Bonchev–Trinajstić information content (AvgIpc) is 2.46. The van der Waals surface area contributed by atoms with Gasteiger partial charge in [-0.3, -0.25) is 16.1 Å². The van der Waals surface area contributed by atoms with Crippen molar-refractivity contribution in [3.05, 3.63) is 29.8 Å². The highest BCUT2D eigenvalue weighted by Crippen LogP contribution is 2.23. The van der Waals surface area contributed by atoms with Gasteiger partial charge in [0.25, 0.3) is 0 Å². The Bertz CT molecular complexity index is 556. The number of nitrogens with one attached hydrogen (secondary N) is 4. The van der Waals surface area contributed by atoms with Crippen molar-refractivity contribution in [3.63, 3.8) is 0 Å². The summed E-state index contributed by atoms with van der Waals surface area (Å²) in [5.41, 5.74) is 2.24. The molecule has 0 amide bonds. The Hall–Kier alpha value is -2.04. The number of nitrogens with zero attached hydrogens (tertiary/aromatic N) is 1. The van der Waals surface area contributed by atoms with E-state index in [1.54, 1.807) is 0 Å². The fraction of sp³-hybridized carbons (Fsp3) is 0.556. The first-order valence-corrected chi connectivity index (χ1v) is 8.32. The number of hydrogen-bond acceptors (Lipinski definition) is 2. The molecule has 1 fully saturated rings. The Balaban J connectivity index is 1.88. The Kier molecular flexibility index (Phi) is 5.29. The highest BCUT2D eigenvalue weighted by atomic mass is 15.3. The molecule has 2 rings (SSSR count). The summed E-state index contributed by atoms with van der Waals surface area (Å²) >= 11 is 0. The fourth-order valence-corrected chi connectivity index (χ4v) is 2.82. The maximum absolute atomic E-state index is 8.12. The van der Waals surface area contributed by atoms with Crippen molar-refractivity contribution in [2.45, 2.75) is 46.0 Å². The van der Waals surface area contributed by atoms with Crippen LogP contribution in [0.5, 0.6) is 0 Å². The number of likely N-dealkylation sites (tertiary alicyclic amines) is 1. The Morgan fingerprint density at radius 1 is 1.17 bits per heavy atom. The third-order valence-electron chi connectivity index (χ3n) is 4.24. The van der Waals surface area contributed by atoms with E-state index >= 15 is 0 Å². The number of benzene rings is 1. The van der Waals surface area contributed by atoms with Gasteiger partial charge in [-0.25, -0.2) is 0 Å². The molecule has 0 bridgehead atoms. The first kappa shape index (κ1) is 17.3. The molecule has 0 aliphatic carbocycles. The van der Waals surface area contributed by atoms with E-state index in [0.717, 1.165) is 25.2 Å². The predicted octanol–water partition coefficient (Wildman–Crippen LogP) is 3.59. The van der Waals surface area contributed by atoms with Crippen molar-refractivity contribution in [3.8, 4) is 0 Å². The Labute approximate surface area is 139 Å². The second kappa shape index (κ2) is 7.02. The second-order valence-electron chi connectivity index (χ2n) is 7.49. The molecular formula is C18H29N5. The molecule has 126 valence electrons. The summed E-state index contributed by atoms with van der Waals surface area (Å²) < 4.78 is 0. The van der Waals surface area contributed by atoms with E-state index in [9.17, 15) is 0 Å². The lowest BCUT2D eigenvalue weighted by molar-refractivity contribution is 0.267. The van der Waals surface area contributed by atoms with Gasteiger partial charge in [0, 0.05) is 18.8 Å². The van der Waals surface area contributed by atoms with E-state index in [-0.39, 0.29) is 11.4 Å². The number of piperidine rings is 1. The standard InChI is InChI=1S/C18H29N5/c1-13-6-5-11-23(12-13)17(20)22-16(19)21-15-9-7-14(8-10-15)18(2,3)4/h7-10,13H,5-6,11-12H2,1-4H3,(H4,19,20,21,22). The molecule has 23 heavy (non-hydrogen) atoms.